The molecular weight excluding hydrogens is 221 g/mol. The first-order valence-corrected chi connectivity index (χ1v) is 5.85. The van der Waals surface area contributed by atoms with E-state index in [9.17, 15) is 9.18 Å². The molecule has 0 aromatic heterocycles. The fourth-order valence-corrected chi connectivity index (χ4v) is 2.08. The Bertz CT molecular complexity index is 414. The summed E-state index contributed by atoms with van der Waals surface area (Å²) in [5, 5.41) is 0. The molecule has 92 valence electrons. The fraction of sp³-hybridized carbons (Fsp3) is 0.462. The van der Waals surface area contributed by atoms with Gasteiger partial charge in [0.15, 0.2) is 11.6 Å². The molecule has 4 heteroatoms. The molecule has 1 aliphatic rings. The lowest BCUT2D eigenvalue weighted by atomic mass is 10.1. The lowest BCUT2D eigenvalue weighted by molar-refractivity contribution is 0.0724. The number of likely N-dealkylation sites (tertiary alicyclic amines) is 1. The molecule has 0 saturated carbocycles. The topological polar surface area (TPSA) is 29.5 Å². The van der Waals surface area contributed by atoms with Crippen LogP contribution in [0.4, 0.5) is 4.39 Å². The van der Waals surface area contributed by atoms with Crippen LogP contribution in [-0.4, -0.2) is 31.0 Å². The molecule has 1 saturated heterocycles. The molecule has 0 spiro atoms. The van der Waals surface area contributed by atoms with Crippen molar-refractivity contribution in [2.75, 3.05) is 20.2 Å². The SMILES string of the molecule is COc1ccc(C(=O)N2CCCCC2)cc1F. The number of halogens is 1. The largest absolute Gasteiger partial charge is 0.494 e. The number of carbonyl (C=O) groups is 1. The number of rotatable bonds is 2. The van der Waals surface area contributed by atoms with Crippen LogP contribution in [-0.2, 0) is 0 Å². The minimum atomic E-state index is -0.490. The first-order chi connectivity index (χ1) is 8.22. The fourth-order valence-electron chi connectivity index (χ4n) is 2.08. The van der Waals surface area contributed by atoms with Gasteiger partial charge in [0.1, 0.15) is 0 Å². The molecule has 0 unspecified atom stereocenters. The summed E-state index contributed by atoms with van der Waals surface area (Å²) in [6.07, 6.45) is 3.23. The van der Waals surface area contributed by atoms with Gasteiger partial charge in [0.2, 0.25) is 0 Å². The van der Waals surface area contributed by atoms with E-state index in [4.69, 9.17) is 4.74 Å². The van der Waals surface area contributed by atoms with Crippen molar-refractivity contribution < 1.29 is 13.9 Å². The van der Waals surface area contributed by atoms with Crippen LogP contribution in [0.5, 0.6) is 5.75 Å². The highest BCUT2D eigenvalue weighted by Crippen LogP contribution is 2.20. The van der Waals surface area contributed by atoms with Gasteiger partial charge < -0.3 is 9.64 Å². The normalized spacial score (nSPS) is 15.8. The van der Waals surface area contributed by atoms with E-state index in [-0.39, 0.29) is 11.7 Å². The number of methoxy groups -OCH3 is 1. The van der Waals surface area contributed by atoms with Crippen molar-refractivity contribution in [3.63, 3.8) is 0 Å². The summed E-state index contributed by atoms with van der Waals surface area (Å²) in [6, 6.07) is 4.35. The third kappa shape index (κ3) is 2.57. The summed E-state index contributed by atoms with van der Waals surface area (Å²) >= 11 is 0. The number of nitrogens with zero attached hydrogens (tertiary/aromatic N) is 1. The van der Waals surface area contributed by atoms with Crippen LogP contribution in [0, 0.1) is 5.82 Å². The first-order valence-electron chi connectivity index (χ1n) is 5.85. The molecule has 0 atom stereocenters. The average Bonchev–Trinajstić information content (AvgIpc) is 2.39. The highest BCUT2D eigenvalue weighted by Gasteiger charge is 2.19. The van der Waals surface area contributed by atoms with Gasteiger partial charge in [-0.2, -0.15) is 0 Å². The van der Waals surface area contributed by atoms with Crippen molar-refractivity contribution in [3.8, 4) is 5.75 Å². The third-order valence-corrected chi connectivity index (χ3v) is 3.04. The van der Waals surface area contributed by atoms with Gasteiger partial charge in [0.25, 0.3) is 5.91 Å². The highest BCUT2D eigenvalue weighted by atomic mass is 19.1. The second kappa shape index (κ2) is 5.17. The molecule has 0 aliphatic carbocycles. The second-order valence-corrected chi connectivity index (χ2v) is 4.20. The van der Waals surface area contributed by atoms with Gasteiger partial charge in [0.05, 0.1) is 7.11 Å². The van der Waals surface area contributed by atoms with Gasteiger partial charge in [-0.05, 0) is 37.5 Å². The highest BCUT2D eigenvalue weighted by molar-refractivity contribution is 5.94. The smallest absolute Gasteiger partial charge is 0.253 e. The molecule has 0 radical (unpaired) electrons. The van der Waals surface area contributed by atoms with Crippen molar-refractivity contribution in [1.29, 1.82) is 0 Å². The van der Waals surface area contributed by atoms with Crippen molar-refractivity contribution in [3.05, 3.63) is 29.6 Å². The van der Waals surface area contributed by atoms with E-state index in [0.717, 1.165) is 25.9 Å². The molecule has 1 aromatic carbocycles. The van der Waals surface area contributed by atoms with Crippen LogP contribution in [0.15, 0.2) is 18.2 Å². The Morgan fingerprint density at radius 2 is 2.00 bits per heavy atom. The number of piperidine rings is 1. The Morgan fingerprint density at radius 3 is 2.59 bits per heavy atom. The monoisotopic (exact) mass is 237 g/mol. The van der Waals surface area contributed by atoms with Gasteiger partial charge in [-0.15, -0.1) is 0 Å². The van der Waals surface area contributed by atoms with E-state index < -0.39 is 5.82 Å². The zero-order valence-corrected chi connectivity index (χ0v) is 9.91. The van der Waals surface area contributed by atoms with E-state index in [1.54, 1.807) is 11.0 Å². The Balaban J connectivity index is 2.16. The maximum atomic E-state index is 13.5. The molecule has 1 aromatic rings. The molecule has 1 heterocycles. The van der Waals surface area contributed by atoms with Crippen LogP contribution in [0.25, 0.3) is 0 Å². The predicted molar refractivity (Wildman–Crippen MR) is 62.7 cm³/mol. The average molecular weight is 237 g/mol. The summed E-state index contributed by atoms with van der Waals surface area (Å²) < 4.78 is 18.3. The number of hydrogen-bond acceptors (Lipinski definition) is 2. The Labute approximate surface area is 100 Å². The molecule has 0 bridgehead atoms. The van der Waals surface area contributed by atoms with Crippen molar-refractivity contribution in [2.24, 2.45) is 0 Å². The first kappa shape index (κ1) is 11.9. The summed E-state index contributed by atoms with van der Waals surface area (Å²) in [4.78, 5) is 13.9. The summed E-state index contributed by atoms with van der Waals surface area (Å²) in [7, 11) is 1.41. The molecule has 0 N–H and O–H groups in total. The van der Waals surface area contributed by atoms with Gasteiger partial charge >= 0.3 is 0 Å². The van der Waals surface area contributed by atoms with E-state index >= 15 is 0 Å². The van der Waals surface area contributed by atoms with Crippen LogP contribution in [0.2, 0.25) is 0 Å². The molecule has 17 heavy (non-hydrogen) atoms. The molecule has 1 aliphatic heterocycles. The van der Waals surface area contributed by atoms with Crippen molar-refractivity contribution in [1.82, 2.24) is 4.90 Å². The number of ether oxygens (including phenoxy) is 1. The summed E-state index contributed by atoms with van der Waals surface area (Å²) in [5.41, 5.74) is 0.394. The molecule has 2 rings (SSSR count). The Kier molecular flexibility index (Phi) is 3.61. The van der Waals surface area contributed by atoms with E-state index in [0.29, 0.717) is 5.56 Å². The van der Waals surface area contributed by atoms with Gasteiger partial charge in [-0.25, -0.2) is 4.39 Å². The lowest BCUT2D eigenvalue weighted by Gasteiger charge is -2.26. The molecular formula is C13H16FNO2. The van der Waals surface area contributed by atoms with E-state index in [1.807, 2.05) is 0 Å². The van der Waals surface area contributed by atoms with Gasteiger partial charge in [-0.3, -0.25) is 4.79 Å². The zero-order chi connectivity index (χ0) is 12.3. The minimum absolute atomic E-state index is 0.0914. The standard InChI is InChI=1S/C13H16FNO2/c1-17-12-6-5-10(9-11(12)14)13(16)15-7-3-2-4-8-15/h5-6,9H,2-4,7-8H2,1H3. The van der Waals surface area contributed by atoms with Crippen LogP contribution >= 0.6 is 0 Å². The maximum Gasteiger partial charge on any atom is 0.253 e. The quantitative estimate of drug-likeness (QED) is 0.790. The van der Waals surface area contributed by atoms with E-state index in [1.165, 1.54) is 25.7 Å². The van der Waals surface area contributed by atoms with Gasteiger partial charge in [0, 0.05) is 18.7 Å². The number of amides is 1. The number of hydrogen-bond donors (Lipinski definition) is 0. The third-order valence-electron chi connectivity index (χ3n) is 3.04. The van der Waals surface area contributed by atoms with Crippen LogP contribution in [0.3, 0.4) is 0 Å². The van der Waals surface area contributed by atoms with Crippen LogP contribution in [0.1, 0.15) is 29.6 Å². The van der Waals surface area contributed by atoms with Gasteiger partial charge in [-0.1, -0.05) is 0 Å². The maximum absolute atomic E-state index is 13.5. The van der Waals surface area contributed by atoms with Crippen LogP contribution < -0.4 is 4.74 Å². The molecule has 3 nitrogen and oxygen atoms in total. The second-order valence-electron chi connectivity index (χ2n) is 4.20. The van der Waals surface area contributed by atoms with Crippen molar-refractivity contribution >= 4 is 5.91 Å². The lowest BCUT2D eigenvalue weighted by Crippen LogP contribution is -2.35. The molecule has 1 fully saturated rings. The number of benzene rings is 1. The van der Waals surface area contributed by atoms with E-state index in [2.05, 4.69) is 0 Å². The predicted octanol–water partition coefficient (Wildman–Crippen LogP) is 2.46. The summed E-state index contributed by atoms with van der Waals surface area (Å²) in [6.45, 7) is 1.54. The number of carbonyl (C=O) groups excluding carboxylic acids is 1. The minimum Gasteiger partial charge on any atom is -0.494 e. The Hall–Kier alpha value is -1.58. The zero-order valence-electron chi connectivity index (χ0n) is 9.91. The van der Waals surface area contributed by atoms with Crippen molar-refractivity contribution in [2.45, 2.75) is 19.3 Å². The molecule has 1 amide bonds. The summed E-state index contributed by atoms with van der Waals surface area (Å²) in [5.74, 6) is -0.415. The Morgan fingerprint density at radius 1 is 1.29 bits per heavy atom.